The number of aromatic nitrogens is 3. The molecule has 1 rings (SSSR count). The molecule has 1 aromatic rings. The third-order valence-electron chi connectivity index (χ3n) is 2.32. The highest BCUT2D eigenvalue weighted by atomic mass is 32.2. The molecule has 6 nitrogen and oxygen atoms in total. The van der Waals surface area contributed by atoms with E-state index in [0.717, 1.165) is 23.9 Å². The molecular weight excluding hydrogens is 238 g/mol. The number of hydrogen-bond acceptors (Lipinski definition) is 5. The van der Waals surface area contributed by atoms with Crippen molar-refractivity contribution in [1.29, 1.82) is 0 Å². The van der Waals surface area contributed by atoms with E-state index in [2.05, 4.69) is 22.4 Å². The number of carbonyl (C=O) groups excluding carboxylic acids is 1. The largest absolute Gasteiger partial charge is 0.358 e. The fourth-order valence-electron chi connectivity index (χ4n) is 1.42. The standard InChI is InChI=1S/C10H19N5OS/c1-4-5-15-8(6-11)13-14-10(15)17-7(2)9(16)12-3/h7H,4-6,11H2,1-3H3,(H,12,16). The molecule has 0 aliphatic carbocycles. The molecule has 0 spiro atoms. The first-order valence-electron chi connectivity index (χ1n) is 5.64. The van der Waals surface area contributed by atoms with Gasteiger partial charge in [-0.15, -0.1) is 10.2 Å². The van der Waals surface area contributed by atoms with Crippen LogP contribution in [0.5, 0.6) is 0 Å². The minimum Gasteiger partial charge on any atom is -0.358 e. The van der Waals surface area contributed by atoms with Gasteiger partial charge in [0.15, 0.2) is 5.16 Å². The number of nitrogens with two attached hydrogens (primary N) is 1. The van der Waals surface area contributed by atoms with Gasteiger partial charge in [0.05, 0.1) is 11.8 Å². The molecule has 1 amide bonds. The van der Waals surface area contributed by atoms with Gasteiger partial charge in [-0.1, -0.05) is 18.7 Å². The topological polar surface area (TPSA) is 85.8 Å². The molecule has 0 bridgehead atoms. The second kappa shape index (κ2) is 6.61. The molecule has 96 valence electrons. The fourth-order valence-corrected chi connectivity index (χ4v) is 2.37. The highest BCUT2D eigenvalue weighted by Crippen LogP contribution is 2.22. The fraction of sp³-hybridized carbons (Fsp3) is 0.700. The molecule has 1 heterocycles. The molecule has 0 aliphatic heterocycles. The summed E-state index contributed by atoms with van der Waals surface area (Å²) in [4.78, 5) is 11.4. The number of carbonyl (C=O) groups is 1. The van der Waals surface area contributed by atoms with Crippen LogP contribution in [0.4, 0.5) is 0 Å². The number of thioether (sulfide) groups is 1. The van der Waals surface area contributed by atoms with Crippen LogP contribution in [0, 0.1) is 0 Å². The van der Waals surface area contributed by atoms with Crippen LogP contribution < -0.4 is 11.1 Å². The lowest BCUT2D eigenvalue weighted by atomic mass is 10.4. The summed E-state index contributed by atoms with van der Waals surface area (Å²) in [7, 11) is 1.63. The van der Waals surface area contributed by atoms with Crippen LogP contribution in [0.25, 0.3) is 0 Å². The van der Waals surface area contributed by atoms with E-state index in [-0.39, 0.29) is 11.2 Å². The Bertz CT molecular complexity index is 379. The first kappa shape index (κ1) is 14.0. The lowest BCUT2D eigenvalue weighted by molar-refractivity contribution is -0.119. The molecule has 17 heavy (non-hydrogen) atoms. The second-order valence-corrected chi connectivity index (χ2v) is 4.94. The molecule has 1 atom stereocenters. The Morgan fingerprint density at radius 2 is 2.29 bits per heavy atom. The van der Waals surface area contributed by atoms with Gasteiger partial charge in [-0.2, -0.15) is 0 Å². The van der Waals surface area contributed by atoms with Crippen LogP contribution in [0.2, 0.25) is 0 Å². The number of hydrogen-bond donors (Lipinski definition) is 2. The van der Waals surface area contributed by atoms with E-state index in [9.17, 15) is 4.79 Å². The predicted molar refractivity (Wildman–Crippen MR) is 67.6 cm³/mol. The summed E-state index contributed by atoms with van der Waals surface area (Å²) in [5.41, 5.74) is 5.60. The number of amides is 1. The Labute approximate surface area is 105 Å². The molecule has 1 unspecified atom stereocenters. The third-order valence-corrected chi connectivity index (χ3v) is 3.40. The van der Waals surface area contributed by atoms with Crippen LogP contribution in [-0.4, -0.2) is 33.0 Å². The molecular formula is C10H19N5OS. The third kappa shape index (κ3) is 3.44. The Hall–Kier alpha value is -1.08. The molecule has 0 aliphatic rings. The molecule has 0 saturated carbocycles. The summed E-state index contributed by atoms with van der Waals surface area (Å²) in [6.45, 7) is 5.11. The Morgan fingerprint density at radius 1 is 1.59 bits per heavy atom. The number of nitrogens with one attached hydrogen (secondary N) is 1. The van der Waals surface area contributed by atoms with E-state index in [4.69, 9.17) is 5.73 Å². The van der Waals surface area contributed by atoms with Crippen LogP contribution in [0.15, 0.2) is 5.16 Å². The van der Waals surface area contributed by atoms with E-state index in [1.165, 1.54) is 11.8 Å². The zero-order valence-corrected chi connectivity index (χ0v) is 11.3. The Kier molecular flexibility index (Phi) is 5.43. The van der Waals surface area contributed by atoms with E-state index < -0.39 is 0 Å². The summed E-state index contributed by atoms with van der Waals surface area (Å²) in [5.74, 6) is 0.744. The van der Waals surface area contributed by atoms with Gasteiger partial charge in [0, 0.05) is 13.6 Å². The normalized spacial score (nSPS) is 12.5. The average Bonchev–Trinajstić information content (AvgIpc) is 2.71. The van der Waals surface area contributed by atoms with Crippen molar-refractivity contribution in [1.82, 2.24) is 20.1 Å². The van der Waals surface area contributed by atoms with Crippen LogP contribution >= 0.6 is 11.8 Å². The molecule has 0 fully saturated rings. The summed E-state index contributed by atoms with van der Waals surface area (Å²) < 4.78 is 1.98. The maximum Gasteiger partial charge on any atom is 0.233 e. The Balaban J connectivity index is 2.83. The van der Waals surface area contributed by atoms with Crippen LogP contribution in [0.3, 0.4) is 0 Å². The van der Waals surface area contributed by atoms with Gasteiger partial charge in [0.2, 0.25) is 5.91 Å². The first-order valence-corrected chi connectivity index (χ1v) is 6.52. The van der Waals surface area contributed by atoms with Gasteiger partial charge in [0.25, 0.3) is 0 Å². The summed E-state index contributed by atoms with van der Waals surface area (Å²) in [6.07, 6.45) is 0.979. The van der Waals surface area contributed by atoms with Crippen molar-refractivity contribution < 1.29 is 4.79 Å². The van der Waals surface area contributed by atoms with Crippen molar-refractivity contribution in [2.45, 2.75) is 43.8 Å². The molecule has 0 aromatic carbocycles. The smallest absolute Gasteiger partial charge is 0.233 e. The van der Waals surface area contributed by atoms with E-state index in [1.54, 1.807) is 7.05 Å². The lowest BCUT2D eigenvalue weighted by Crippen LogP contribution is -2.27. The second-order valence-electron chi connectivity index (χ2n) is 3.63. The minimum absolute atomic E-state index is 0.0182. The maximum absolute atomic E-state index is 11.4. The van der Waals surface area contributed by atoms with Crippen molar-refractivity contribution in [3.05, 3.63) is 5.82 Å². The van der Waals surface area contributed by atoms with Crippen molar-refractivity contribution in [2.75, 3.05) is 7.05 Å². The summed E-state index contributed by atoms with van der Waals surface area (Å²) in [5, 5.41) is 11.3. The zero-order chi connectivity index (χ0) is 12.8. The molecule has 3 N–H and O–H groups in total. The average molecular weight is 257 g/mol. The quantitative estimate of drug-likeness (QED) is 0.719. The van der Waals surface area contributed by atoms with E-state index in [0.29, 0.717) is 6.54 Å². The zero-order valence-electron chi connectivity index (χ0n) is 10.4. The van der Waals surface area contributed by atoms with E-state index in [1.807, 2.05) is 11.5 Å². The van der Waals surface area contributed by atoms with Gasteiger partial charge < -0.3 is 15.6 Å². The van der Waals surface area contributed by atoms with Gasteiger partial charge >= 0.3 is 0 Å². The molecule has 0 radical (unpaired) electrons. The summed E-state index contributed by atoms with van der Waals surface area (Å²) in [6, 6.07) is 0. The highest BCUT2D eigenvalue weighted by molar-refractivity contribution is 8.00. The Morgan fingerprint density at radius 3 is 2.82 bits per heavy atom. The van der Waals surface area contributed by atoms with Crippen molar-refractivity contribution in [3.8, 4) is 0 Å². The van der Waals surface area contributed by atoms with Crippen LogP contribution in [-0.2, 0) is 17.9 Å². The van der Waals surface area contributed by atoms with Gasteiger partial charge in [-0.05, 0) is 13.3 Å². The van der Waals surface area contributed by atoms with E-state index >= 15 is 0 Å². The first-order chi connectivity index (χ1) is 8.13. The predicted octanol–water partition coefficient (Wildman–Crippen LogP) is 0.373. The SMILES string of the molecule is CCCn1c(CN)nnc1SC(C)C(=O)NC. The van der Waals surface area contributed by atoms with Crippen molar-refractivity contribution in [3.63, 3.8) is 0 Å². The molecule has 0 saturated heterocycles. The van der Waals surface area contributed by atoms with Crippen molar-refractivity contribution in [2.24, 2.45) is 5.73 Å². The maximum atomic E-state index is 11.4. The molecule has 1 aromatic heterocycles. The lowest BCUT2D eigenvalue weighted by Gasteiger charge is -2.11. The van der Waals surface area contributed by atoms with Gasteiger partial charge in [-0.25, -0.2) is 0 Å². The van der Waals surface area contributed by atoms with Crippen LogP contribution in [0.1, 0.15) is 26.1 Å². The monoisotopic (exact) mass is 257 g/mol. The number of rotatable bonds is 6. The van der Waals surface area contributed by atoms with Gasteiger partial charge in [-0.3, -0.25) is 4.79 Å². The summed E-state index contributed by atoms with van der Waals surface area (Å²) >= 11 is 1.40. The minimum atomic E-state index is -0.189. The van der Waals surface area contributed by atoms with Gasteiger partial charge in [0.1, 0.15) is 5.82 Å². The highest BCUT2D eigenvalue weighted by Gasteiger charge is 2.18. The number of nitrogens with zero attached hydrogens (tertiary/aromatic N) is 3. The van der Waals surface area contributed by atoms with Crippen molar-refractivity contribution >= 4 is 17.7 Å². The molecule has 7 heteroatoms.